The smallest absolute Gasteiger partial charge is 0.274 e. The predicted octanol–water partition coefficient (Wildman–Crippen LogP) is 3.05. The first-order chi connectivity index (χ1) is 13.7. The van der Waals surface area contributed by atoms with Crippen LogP contribution in [0.5, 0.6) is 11.5 Å². The second kappa shape index (κ2) is 8.04. The van der Waals surface area contributed by atoms with Gasteiger partial charge in [-0.05, 0) is 42.5 Å². The van der Waals surface area contributed by atoms with Gasteiger partial charge in [0.15, 0.2) is 11.5 Å². The molecule has 0 saturated heterocycles. The van der Waals surface area contributed by atoms with E-state index >= 15 is 0 Å². The molecule has 7 nitrogen and oxygen atoms in total. The third-order valence-electron chi connectivity index (χ3n) is 5.58. The number of hydrogen-bond donors (Lipinski definition) is 1. The van der Waals surface area contributed by atoms with E-state index in [0.717, 1.165) is 23.6 Å². The molecule has 1 aromatic heterocycles. The van der Waals surface area contributed by atoms with Crippen molar-refractivity contribution in [3.8, 4) is 11.5 Å². The fourth-order valence-corrected chi connectivity index (χ4v) is 4.01. The van der Waals surface area contributed by atoms with E-state index in [0.29, 0.717) is 30.6 Å². The quantitative estimate of drug-likeness (QED) is 0.857. The van der Waals surface area contributed by atoms with Crippen LogP contribution < -0.4 is 14.8 Å². The molecule has 2 aromatic rings. The number of aromatic nitrogens is 2. The fourth-order valence-electron chi connectivity index (χ4n) is 4.01. The molecule has 2 aliphatic rings. The van der Waals surface area contributed by atoms with Crippen LogP contribution in [0, 0.1) is 0 Å². The summed E-state index contributed by atoms with van der Waals surface area (Å²) in [4.78, 5) is 23.4. The Bertz CT molecular complexity index is 847. The van der Waals surface area contributed by atoms with Gasteiger partial charge in [0.1, 0.15) is 11.5 Å². The lowest BCUT2D eigenvalue weighted by atomic mass is 9.98. The molecule has 2 heterocycles. The van der Waals surface area contributed by atoms with Crippen LogP contribution in [0.3, 0.4) is 0 Å². The highest BCUT2D eigenvalue weighted by Gasteiger charge is 2.25. The average Bonchev–Trinajstić information content (AvgIpc) is 3.25. The maximum absolute atomic E-state index is 12.9. The Balaban J connectivity index is 1.45. The summed E-state index contributed by atoms with van der Waals surface area (Å²) < 4.78 is 10.8. The summed E-state index contributed by atoms with van der Waals surface area (Å²) in [5.74, 6) is 2.04. The van der Waals surface area contributed by atoms with Crippen molar-refractivity contribution in [3.05, 3.63) is 41.3 Å². The summed E-state index contributed by atoms with van der Waals surface area (Å²) >= 11 is 0. The first-order valence-electron chi connectivity index (χ1n) is 9.79. The lowest BCUT2D eigenvalue weighted by Gasteiger charge is -2.29. The van der Waals surface area contributed by atoms with Crippen molar-refractivity contribution in [2.24, 2.45) is 0 Å². The fraction of sp³-hybridized carbons (Fsp3) is 0.476. The Hall–Kier alpha value is -2.83. The van der Waals surface area contributed by atoms with Crippen molar-refractivity contribution in [2.45, 2.75) is 44.7 Å². The Kier molecular flexibility index (Phi) is 5.32. The van der Waals surface area contributed by atoms with Gasteiger partial charge in [0.2, 0.25) is 0 Å². The van der Waals surface area contributed by atoms with Gasteiger partial charge < -0.3 is 19.7 Å². The number of amides is 1. The number of carbonyl (C=O) groups is 1. The number of anilines is 1. The largest absolute Gasteiger partial charge is 0.493 e. The highest BCUT2D eigenvalue weighted by molar-refractivity contribution is 5.92. The highest BCUT2D eigenvalue weighted by Crippen LogP contribution is 2.33. The molecule has 1 aliphatic carbocycles. The minimum Gasteiger partial charge on any atom is -0.493 e. The van der Waals surface area contributed by atoms with Crippen molar-refractivity contribution in [3.63, 3.8) is 0 Å². The second-order valence-electron chi connectivity index (χ2n) is 7.37. The van der Waals surface area contributed by atoms with E-state index in [1.54, 1.807) is 26.6 Å². The minimum absolute atomic E-state index is 0.0969. The number of nitrogens with one attached hydrogen (secondary N) is 1. The predicted molar refractivity (Wildman–Crippen MR) is 106 cm³/mol. The number of methoxy groups -OCH3 is 2. The zero-order valence-corrected chi connectivity index (χ0v) is 16.4. The van der Waals surface area contributed by atoms with Crippen LogP contribution in [-0.2, 0) is 13.0 Å². The van der Waals surface area contributed by atoms with Gasteiger partial charge in [-0.25, -0.2) is 9.97 Å². The van der Waals surface area contributed by atoms with E-state index in [-0.39, 0.29) is 5.91 Å². The summed E-state index contributed by atoms with van der Waals surface area (Å²) in [6, 6.07) is 4.43. The van der Waals surface area contributed by atoms with Crippen LogP contribution in [0.15, 0.2) is 24.5 Å². The average molecular weight is 382 g/mol. The van der Waals surface area contributed by atoms with E-state index < -0.39 is 0 Å². The topological polar surface area (TPSA) is 76.6 Å². The lowest BCUT2D eigenvalue weighted by Crippen LogP contribution is -2.36. The molecule has 28 heavy (non-hydrogen) atoms. The molecule has 148 valence electrons. The summed E-state index contributed by atoms with van der Waals surface area (Å²) in [6.07, 6.45) is 8.87. The number of benzene rings is 1. The molecule has 1 fully saturated rings. The molecule has 4 rings (SSSR count). The van der Waals surface area contributed by atoms with Gasteiger partial charge >= 0.3 is 0 Å². The van der Waals surface area contributed by atoms with Gasteiger partial charge in [-0.1, -0.05) is 12.8 Å². The maximum Gasteiger partial charge on any atom is 0.274 e. The normalized spacial score (nSPS) is 16.6. The van der Waals surface area contributed by atoms with Crippen LogP contribution in [-0.4, -0.2) is 47.6 Å². The van der Waals surface area contributed by atoms with E-state index in [4.69, 9.17) is 9.47 Å². The monoisotopic (exact) mass is 382 g/mol. The standard InChI is InChI=1S/C21H26N4O3/c1-27-18-9-14-7-8-25(13-15(14)10-19(18)28-2)21(26)17-11-23-20(12-22-17)24-16-5-3-4-6-16/h9-12,16H,3-8,13H2,1-2H3,(H,23,24). The summed E-state index contributed by atoms with van der Waals surface area (Å²) in [7, 11) is 3.25. The van der Waals surface area contributed by atoms with Gasteiger partial charge in [0.05, 0.1) is 26.6 Å². The molecule has 7 heteroatoms. The number of rotatable bonds is 5. The van der Waals surface area contributed by atoms with Crippen molar-refractivity contribution in [1.82, 2.24) is 14.9 Å². The van der Waals surface area contributed by atoms with E-state index in [2.05, 4.69) is 15.3 Å². The van der Waals surface area contributed by atoms with Gasteiger partial charge in [-0.3, -0.25) is 4.79 Å². The van der Waals surface area contributed by atoms with E-state index in [1.807, 2.05) is 17.0 Å². The molecule has 1 aromatic carbocycles. The van der Waals surface area contributed by atoms with Gasteiger partial charge in [0.25, 0.3) is 5.91 Å². The molecule has 1 aliphatic heterocycles. The minimum atomic E-state index is -0.0969. The molecule has 1 amide bonds. The number of ether oxygens (including phenoxy) is 2. The zero-order chi connectivity index (χ0) is 19.5. The van der Waals surface area contributed by atoms with Crippen molar-refractivity contribution < 1.29 is 14.3 Å². The van der Waals surface area contributed by atoms with Crippen LogP contribution in [0.2, 0.25) is 0 Å². The van der Waals surface area contributed by atoms with E-state index in [1.165, 1.54) is 31.2 Å². The molecule has 1 saturated carbocycles. The second-order valence-corrected chi connectivity index (χ2v) is 7.37. The number of nitrogens with zero attached hydrogens (tertiary/aromatic N) is 3. The first kappa shape index (κ1) is 18.5. The van der Waals surface area contributed by atoms with Crippen molar-refractivity contribution in [2.75, 3.05) is 26.1 Å². The van der Waals surface area contributed by atoms with Gasteiger partial charge in [0, 0.05) is 19.1 Å². The Labute approximate surface area is 165 Å². The maximum atomic E-state index is 12.9. The van der Waals surface area contributed by atoms with Crippen molar-refractivity contribution >= 4 is 11.7 Å². The van der Waals surface area contributed by atoms with Crippen LogP contribution in [0.4, 0.5) is 5.82 Å². The molecule has 0 bridgehead atoms. The first-order valence-corrected chi connectivity index (χ1v) is 9.79. The highest BCUT2D eigenvalue weighted by atomic mass is 16.5. The van der Waals surface area contributed by atoms with Crippen LogP contribution in [0.25, 0.3) is 0 Å². The SMILES string of the molecule is COc1cc2c(cc1OC)CN(C(=O)c1cnc(NC3CCCC3)cn1)CC2. The molecule has 1 N–H and O–H groups in total. The molecule has 0 radical (unpaired) electrons. The van der Waals surface area contributed by atoms with Crippen LogP contribution >= 0.6 is 0 Å². The molecular formula is C21H26N4O3. The summed E-state index contributed by atoms with van der Waals surface area (Å²) in [5, 5.41) is 3.40. The third-order valence-corrected chi connectivity index (χ3v) is 5.58. The Morgan fingerprint density at radius 2 is 1.79 bits per heavy atom. The molecule has 0 atom stereocenters. The Morgan fingerprint density at radius 3 is 2.43 bits per heavy atom. The zero-order valence-electron chi connectivity index (χ0n) is 16.4. The Morgan fingerprint density at radius 1 is 1.07 bits per heavy atom. The van der Waals surface area contributed by atoms with E-state index in [9.17, 15) is 4.79 Å². The summed E-state index contributed by atoms with van der Waals surface area (Å²) in [6.45, 7) is 1.17. The molecular weight excluding hydrogens is 356 g/mol. The van der Waals surface area contributed by atoms with Crippen molar-refractivity contribution in [1.29, 1.82) is 0 Å². The molecule has 0 unspecified atom stereocenters. The number of carbonyl (C=O) groups excluding carboxylic acids is 1. The van der Waals surface area contributed by atoms with Crippen LogP contribution in [0.1, 0.15) is 47.3 Å². The lowest BCUT2D eigenvalue weighted by molar-refractivity contribution is 0.0728. The number of hydrogen-bond acceptors (Lipinski definition) is 6. The molecule has 0 spiro atoms. The van der Waals surface area contributed by atoms with Gasteiger partial charge in [-0.2, -0.15) is 0 Å². The van der Waals surface area contributed by atoms with Gasteiger partial charge in [-0.15, -0.1) is 0 Å². The summed E-state index contributed by atoms with van der Waals surface area (Å²) in [5.41, 5.74) is 2.63. The third kappa shape index (κ3) is 3.74. The number of fused-ring (bicyclic) bond motifs is 1.